The van der Waals surface area contributed by atoms with Gasteiger partial charge in [0.25, 0.3) is 0 Å². The minimum atomic E-state index is -3.64. The largest absolute Gasteiger partial charge is 0.468 e. The SMILES string of the molecule is COC(=O)C(I)CNS(=O)(=O)c1cn[nH]c1C. The van der Waals surface area contributed by atoms with Crippen LogP contribution in [0.1, 0.15) is 5.69 Å². The molecular weight excluding hydrogens is 361 g/mol. The number of hydrogen-bond acceptors (Lipinski definition) is 5. The van der Waals surface area contributed by atoms with Crippen LogP contribution in [0.4, 0.5) is 0 Å². The van der Waals surface area contributed by atoms with Gasteiger partial charge >= 0.3 is 5.97 Å². The summed E-state index contributed by atoms with van der Waals surface area (Å²) >= 11 is 1.81. The van der Waals surface area contributed by atoms with Gasteiger partial charge in [-0.25, -0.2) is 13.1 Å². The number of nitrogens with zero attached hydrogens (tertiary/aromatic N) is 1. The molecule has 1 heterocycles. The second-order valence-corrected chi connectivity index (χ2v) is 6.44. The van der Waals surface area contributed by atoms with E-state index in [2.05, 4.69) is 19.7 Å². The second-order valence-electron chi connectivity index (χ2n) is 3.20. The molecule has 0 aliphatic rings. The Morgan fingerprint density at radius 2 is 2.35 bits per heavy atom. The Hall–Kier alpha value is -0.680. The van der Waals surface area contributed by atoms with Gasteiger partial charge in [0.15, 0.2) is 0 Å². The lowest BCUT2D eigenvalue weighted by Crippen LogP contribution is -2.34. The van der Waals surface area contributed by atoms with Gasteiger partial charge in [-0.05, 0) is 6.92 Å². The summed E-state index contributed by atoms with van der Waals surface area (Å²) in [6.45, 7) is 1.57. The maximum atomic E-state index is 11.8. The summed E-state index contributed by atoms with van der Waals surface area (Å²) < 4.78 is 29.8. The highest BCUT2D eigenvalue weighted by Gasteiger charge is 2.22. The van der Waals surface area contributed by atoms with Crippen LogP contribution in [0.25, 0.3) is 0 Å². The molecule has 17 heavy (non-hydrogen) atoms. The molecule has 0 aliphatic heterocycles. The minimum Gasteiger partial charge on any atom is -0.468 e. The highest BCUT2D eigenvalue weighted by Crippen LogP contribution is 2.11. The summed E-state index contributed by atoms with van der Waals surface area (Å²) in [4.78, 5) is 11.2. The lowest BCUT2D eigenvalue weighted by atomic mass is 10.4. The Balaban J connectivity index is 2.70. The first-order chi connectivity index (χ1) is 7.88. The van der Waals surface area contributed by atoms with E-state index in [-0.39, 0.29) is 11.4 Å². The van der Waals surface area contributed by atoms with Crippen LogP contribution in [0.15, 0.2) is 11.1 Å². The first-order valence-electron chi connectivity index (χ1n) is 4.60. The number of halogens is 1. The van der Waals surface area contributed by atoms with Gasteiger partial charge in [0.05, 0.1) is 19.0 Å². The summed E-state index contributed by atoms with van der Waals surface area (Å²) in [6.07, 6.45) is 1.22. The molecule has 0 amide bonds. The number of nitrogens with one attached hydrogen (secondary N) is 2. The van der Waals surface area contributed by atoms with E-state index in [4.69, 9.17) is 0 Å². The Morgan fingerprint density at radius 3 is 2.82 bits per heavy atom. The van der Waals surface area contributed by atoms with Gasteiger partial charge in [-0.2, -0.15) is 5.10 Å². The lowest BCUT2D eigenvalue weighted by Gasteiger charge is -2.09. The highest BCUT2D eigenvalue weighted by atomic mass is 127. The van der Waals surface area contributed by atoms with Gasteiger partial charge in [-0.15, -0.1) is 0 Å². The van der Waals surface area contributed by atoms with E-state index in [1.165, 1.54) is 13.3 Å². The van der Waals surface area contributed by atoms with Crippen LogP contribution in [-0.4, -0.2) is 42.2 Å². The predicted octanol–water partition coefficient (Wildman–Crippen LogP) is -0.0270. The zero-order chi connectivity index (χ0) is 13.1. The van der Waals surface area contributed by atoms with Crippen molar-refractivity contribution in [2.75, 3.05) is 13.7 Å². The number of methoxy groups -OCH3 is 1. The van der Waals surface area contributed by atoms with Crippen molar-refractivity contribution < 1.29 is 17.9 Å². The van der Waals surface area contributed by atoms with Crippen LogP contribution < -0.4 is 4.72 Å². The van der Waals surface area contributed by atoms with Gasteiger partial charge in [0, 0.05) is 6.54 Å². The van der Waals surface area contributed by atoms with E-state index in [1.807, 2.05) is 22.6 Å². The van der Waals surface area contributed by atoms with Crippen molar-refractivity contribution in [2.45, 2.75) is 15.7 Å². The molecule has 0 bridgehead atoms. The molecule has 96 valence electrons. The Kier molecular flexibility index (Phi) is 4.89. The van der Waals surface area contributed by atoms with E-state index in [9.17, 15) is 13.2 Å². The van der Waals surface area contributed by atoms with E-state index >= 15 is 0 Å². The average molecular weight is 373 g/mol. The molecule has 0 saturated carbocycles. The van der Waals surface area contributed by atoms with Crippen LogP contribution in [-0.2, 0) is 19.6 Å². The molecular formula is C8H12IN3O4S. The quantitative estimate of drug-likeness (QED) is 0.429. The number of carbonyl (C=O) groups excluding carboxylic acids is 1. The summed E-state index contributed by atoms with van der Waals surface area (Å²) in [6, 6.07) is 0. The number of aryl methyl sites for hydroxylation is 1. The molecule has 1 unspecified atom stereocenters. The summed E-state index contributed by atoms with van der Waals surface area (Å²) in [7, 11) is -2.39. The first kappa shape index (κ1) is 14.4. The number of rotatable bonds is 5. The smallest absolute Gasteiger partial charge is 0.319 e. The monoisotopic (exact) mass is 373 g/mol. The molecule has 7 nitrogen and oxygen atoms in total. The Bertz CT molecular complexity index is 499. The lowest BCUT2D eigenvalue weighted by molar-refractivity contribution is -0.139. The number of aromatic nitrogens is 2. The first-order valence-corrected chi connectivity index (χ1v) is 7.33. The molecule has 9 heteroatoms. The zero-order valence-electron chi connectivity index (χ0n) is 9.23. The van der Waals surface area contributed by atoms with E-state index in [0.29, 0.717) is 5.69 Å². The molecule has 1 aromatic heterocycles. The van der Waals surface area contributed by atoms with Crippen LogP contribution in [0.5, 0.6) is 0 Å². The van der Waals surface area contributed by atoms with E-state index in [0.717, 1.165) is 0 Å². The number of alkyl halides is 1. The molecule has 0 fully saturated rings. The van der Waals surface area contributed by atoms with Crippen molar-refractivity contribution in [1.82, 2.24) is 14.9 Å². The molecule has 0 radical (unpaired) electrons. The van der Waals surface area contributed by atoms with Gasteiger partial charge in [0.2, 0.25) is 10.0 Å². The van der Waals surface area contributed by atoms with Gasteiger partial charge in [-0.3, -0.25) is 9.89 Å². The van der Waals surface area contributed by atoms with Crippen LogP contribution in [0, 0.1) is 6.92 Å². The van der Waals surface area contributed by atoms with Crippen LogP contribution >= 0.6 is 22.6 Å². The number of sulfonamides is 1. The second kappa shape index (κ2) is 5.78. The van der Waals surface area contributed by atoms with E-state index in [1.54, 1.807) is 6.92 Å². The molecule has 1 atom stereocenters. The number of hydrogen-bond donors (Lipinski definition) is 2. The third kappa shape index (κ3) is 3.64. The normalized spacial score (nSPS) is 13.4. The molecule has 0 saturated heterocycles. The van der Waals surface area contributed by atoms with Crippen molar-refractivity contribution in [2.24, 2.45) is 0 Å². The molecule has 1 aromatic rings. The molecule has 0 aromatic carbocycles. The van der Waals surface area contributed by atoms with Gasteiger partial charge in [-0.1, -0.05) is 22.6 Å². The van der Waals surface area contributed by atoms with Crippen LogP contribution in [0.2, 0.25) is 0 Å². The van der Waals surface area contributed by atoms with Crippen LogP contribution in [0.3, 0.4) is 0 Å². The summed E-state index contributed by atoms with van der Waals surface area (Å²) in [5.41, 5.74) is 0.445. The number of esters is 1. The van der Waals surface area contributed by atoms with Crippen molar-refractivity contribution in [1.29, 1.82) is 0 Å². The fourth-order valence-electron chi connectivity index (χ4n) is 1.08. The zero-order valence-corrected chi connectivity index (χ0v) is 12.2. The van der Waals surface area contributed by atoms with Crippen molar-refractivity contribution in [3.05, 3.63) is 11.9 Å². The molecule has 1 rings (SSSR count). The van der Waals surface area contributed by atoms with Gasteiger partial charge < -0.3 is 4.74 Å². The fraction of sp³-hybridized carbons (Fsp3) is 0.500. The fourth-order valence-corrected chi connectivity index (χ4v) is 3.04. The standard InChI is InChI=1S/C8H12IN3O4S/c1-5-7(4-10-12-5)17(14,15)11-3-6(9)8(13)16-2/h4,6,11H,3H2,1-2H3,(H,10,12). The van der Waals surface area contributed by atoms with Crippen molar-refractivity contribution in [3.63, 3.8) is 0 Å². The number of ether oxygens (including phenoxy) is 1. The molecule has 0 aliphatic carbocycles. The molecule has 2 N–H and O–H groups in total. The third-order valence-corrected chi connectivity index (χ3v) is 4.47. The van der Waals surface area contributed by atoms with Crippen molar-refractivity contribution in [3.8, 4) is 0 Å². The molecule has 0 spiro atoms. The number of carbonyl (C=O) groups is 1. The van der Waals surface area contributed by atoms with Crippen molar-refractivity contribution >= 4 is 38.6 Å². The van der Waals surface area contributed by atoms with E-state index < -0.39 is 19.9 Å². The summed E-state index contributed by atoms with van der Waals surface area (Å²) in [5.74, 6) is -0.475. The number of H-pyrrole nitrogens is 1. The maximum Gasteiger partial charge on any atom is 0.319 e. The predicted molar refractivity (Wildman–Crippen MR) is 68.3 cm³/mol. The maximum absolute atomic E-state index is 11.8. The summed E-state index contributed by atoms with van der Waals surface area (Å²) in [5, 5.41) is 6.16. The topological polar surface area (TPSA) is 101 Å². The highest BCUT2D eigenvalue weighted by molar-refractivity contribution is 14.1. The third-order valence-electron chi connectivity index (χ3n) is 1.98. The number of aromatic amines is 1. The Morgan fingerprint density at radius 1 is 1.71 bits per heavy atom. The minimum absolute atomic E-state index is 0.0276. The Labute approximate surface area is 113 Å². The average Bonchev–Trinajstić information content (AvgIpc) is 2.72. The van der Waals surface area contributed by atoms with Gasteiger partial charge in [0.1, 0.15) is 8.82 Å².